The minimum absolute atomic E-state index is 0.179. The first-order valence-corrected chi connectivity index (χ1v) is 2.97. The average molecular weight is 149 g/mol. The SMILES string of the molecule is C=C(C(N)=O)c1cnccn1. The minimum atomic E-state index is -0.578. The molecular weight excluding hydrogens is 142 g/mol. The molecule has 1 rings (SSSR count). The Morgan fingerprint density at radius 3 is 2.73 bits per heavy atom. The van der Waals surface area contributed by atoms with E-state index in [1.165, 1.54) is 18.6 Å². The Bertz CT molecular complexity index is 281. The lowest BCUT2D eigenvalue weighted by atomic mass is 10.2. The molecule has 0 saturated heterocycles. The fourth-order valence-electron chi connectivity index (χ4n) is 0.581. The summed E-state index contributed by atoms with van der Waals surface area (Å²) >= 11 is 0. The lowest BCUT2D eigenvalue weighted by Crippen LogP contribution is -2.12. The number of carbonyl (C=O) groups is 1. The van der Waals surface area contributed by atoms with E-state index in [0.717, 1.165) is 0 Å². The number of nitrogens with zero attached hydrogens (tertiary/aromatic N) is 2. The van der Waals surface area contributed by atoms with E-state index in [2.05, 4.69) is 16.5 Å². The van der Waals surface area contributed by atoms with Crippen LogP contribution in [0.15, 0.2) is 25.2 Å². The molecule has 1 aromatic heterocycles. The summed E-state index contributed by atoms with van der Waals surface area (Å²) in [6.07, 6.45) is 4.42. The van der Waals surface area contributed by atoms with Crippen molar-refractivity contribution in [2.75, 3.05) is 0 Å². The largest absolute Gasteiger partial charge is 0.366 e. The van der Waals surface area contributed by atoms with Crippen molar-refractivity contribution in [3.63, 3.8) is 0 Å². The molecule has 0 aliphatic rings. The van der Waals surface area contributed by atoms with Gasteiger partial charge in [-0.05, 0) is 0 Å². The highest BCUT2D eigenvalue weighted by molar-refractivity contribution is 6.17. The smallest absolute Gasteiger partial charge is 0.250 e. The monoisotopic (exact) mass is 149 g/mol. The maximum atomic E-state index is 10.6. The van der Waals surface area contributed by atoms with Crippen molar-refractivity contribution in [1.29, 1.82) is 0 Å². The summed E-state index contributed by atoms with van der Waals surface area (Å²) in [6, 6.07) is 0. The van der Waals surface area contributed by atoms with Crippen LogP contribution in [0.5, 0.6) is 0 Å². The van der Waals surface area contributed by atoms with Gasteiger partial charge >= 0.3 is 0 Å². The van der Waals surface area contributed by atoms with Crippen LogP contribution in [-0.4, -0.2) is 15.9 Å². The van der Waals surface area contributed by atoms with Crippen molar-refractivity contribution in [3.8, 4) is 0 Å². The van der Waals surface area contributed by atoms with Gasteiger partial charge in [-0.25, -0.2) is 0 Å². The molecule has 1 amide bonds. The zero-order valence-electron chi connectivity index (χ0n) is 5.82. The number of rotatable bonds is 2. The summed E-state index contributed by atoms with van der Waals surface area (Å²) in [5, 5.41) is 0. The molecule has 0 aliphatic heterocycles. The molecule has 0 radical (unpaired) electrons. The van der Waals surface area contributed by atoms with Crippen LogP contribution in [0.1, 0.15) is 5.69 Å². The highest BCUT2D eigenvalue weighted by Gasteiger charge is 2.04. The van der Waals surface area contributed by atoms with Gasteiger partial charge in [0.2, 0.25) is 5.91 Å². The molecule has 4 nitrogen and oxygen atoms in total. The van der Waals surface area contributed by atoms with Gasteiger partial charge in [0.05, 0.1) is 17.5 Å². The zero-order valence-corrected chi connectivity index (χ0v) is 5.82. The number of hydrogen-bond acceptors (Lipinski definition) is 3. The molecule has 4 heteroatoms. The fraction of sp³-hybridized carbons (Fsp3) is 0. The third-order valence-electron chi connectivity index (χ3n) is 1.17. The Hall–Kier alpha value is -1.71. The Labute approximate surface area is 63.8 Å². The number of hydrogen-bond donors (Lipinski definition) is 1. The highest BCUT2D eigenvalue weighted by Crippen LogP contribution is 2.04. The Morgan fingerprint density at radius 2 is 2.27 bits per heavy atom. The van der Waals surface area contributed by atoms with E-state index in [1.54, 1.807) is 0 Å². The summed E-state index contributed by atoms with van der Waals surface area (Å²) in [5.74, 6) is -0.578. The topological polar surface area (TPSA) is 68.9 Å². The molecule has 0 aliphatic carbocycles. The van der Waals surface area contributed by atoms with Gasteiger partial charge < -0.3 is 5.73 Å². The second-order valence-electron chi connectivity index (χ2n) is 1.93. The molecule has 0 fully saturated rings. The number of nitrogens with two attached hydrogens (primary N) is 1. The molecule has 2 N–H and O–H groups in total. The molecule has 56 valence electrons. The van der Waals surface area contributed by atoms with Gasteiger partial charge in [0, 0.05) is 12.4 Å². The Kier molecular flexibility index (Phi) is 1.96. The van der Waals surface area contributed by atoms with Crippen molar-refractivity contribution in [1.82, 2.24) is 9.97 Å². The normalized spacial score (nSPS) is 9.09. The van der Waals surface area contributed by atoms with E-state index < -0.39 is 5.91 Å². The van der Waals surface area contributed by atoms with Crippen molar-refractivity contribution in [2.45, 2.75) is 0 Å². The second-order valence-corrected chi connectivity index (χ2v) is 1.93. The third kappa shape index (κ3) is 1.61. The van der Waals surface area contributed by atoms with Gasteiger partial charge in [-0.3, -0.25) is 14.8 Å². The van der Waals surface area contributed by atoms with Gasteiger partial charge in [-0.15, -0.1) is 0 Å². The van der Waals surface area contributed by atoms with Gasteiger partial charge in [-0.1, -0.05) is 6.58 Å². The highest BCUT2D eigenvalue weighted by atomic mass is 16.1. The number of carbonyl (C=O) groups excluding carboxylic acids is 1. The predicted octanol–water partition coefficient (Wildman–Crippen LogP) is -0.0249. The van der Waals surface area contributed by atoms with E-state index >= 15 is 0 Å². The molecular formula is C7H7N3O. The van der Waals surface area contributed by atoms with Crippen LogP contribution in [-0.2, 0) is 4.79 Å². The first-order chi connectivity index (χ1) is 5.22. The summed E-state index contributed by atoms with van der Waals surface area (Å²) < 4.78 is 0. The second kappa shape index (κ2) is 2.92. The van der Waals surface area contributed by atoms with Gasteiger partial charge in [0.1, 0.15) is 0 Å². The number of amides is 1. The van der Waals surface area contributed by atoms with Crippen molar-refractivity contribution in [3.05, 3.63) is 30.9 Å². The quantitative estimate of drug-likeness (QED) is 0.600. The van der Waals surface area contributed by atoms with E-state index in [0.29, 0.717) is 5.69 Å². The zero-order chi connectivity index (χ0) is 8.27. The number of aromatic nitrogens is 2. The van der Waals surface area contributed by atoms with E-state index in [-0.39, 0.29) is 5.57 Å². The fourth-order valence-corrected chi connectivity index (χ4v) is 0.581. The van der Waals surface area contributed by atoms with E-state index in [4.69, 9.17) is 5.73 Å². The van der Waals surface area contributed by atoms with Crippen LogP contribution < -0.4 is 5.73 Å². The third-order valence-corrected chi connectivity index (χ3v) is 1.17. The van der Waals surface area contributed by atoms with Gasteiger partial charge in [-0.2, -0.15) is 0 Å². The number of primary amides is 1. The maximum absolute atomic E-state index is 10.6. The Morgan fingerprint density at radius 1 is 1.55 bits per heavy atom. The molecule has 0 spiro atoms. The van der Waals surface area contributed by atoms with Crippen molar-refractivity contribution >= 4 is 11.5 Å². The Balaban J connectivity index is 2.95. The average Bonchev–Trinajstić information content (AvgIpc) is 2.05. The summed E-state index contributed by atoms with van der Waals surface area (Å²) in [4.78, 5) is 18.1. The van der Waals surface area contributed by atoms with E-state index in [1.807, 2.05) is 0 Å². The van der Waals surface area contributed by atoms with Crippen LogP contribution in [0.2, 0.25) is 0 Å². The van der Waals surface area contributed by atoms with E-state index in [9.17, 15) is 4.79 Å². The van der Waals surface area contributed by atoms with Crippen LogP contribution in [0.4, 0.5) is 0 Å². The molecule has 0 bridgehead atoms. The van der Waals surface area contributed by atoms with Crippen LogP contribution in [0.25, 0.3) is 5.57 Å². The molecule has 0 atom stereocenters. The first kappa shape index (κ1) is 7.40. The lowest BCUT2D eigenvalue weighted by molar-refractivity contribution is -0.112. The molecule has 0 unspecified atom stereocenters. The van der Waals surface area contributed by atoms with Gasteiger partial charge in [0.25, 0.3) is 0 Å². The van der Waals surface area contributed by atoms with Crippen molar-refractivity contribution < 1.29 is 4.79 Å². The predicted molar refractivity (Wildman–Crippen MR) is 40.3 cm³/mol. The standard InChI is InChI=1S/C7H7N3O/c1-5(7(8)11)6-4-9-2-3-10-6/h2-4H,1H2,(H2,8,11). The van der Waals surface area contributed by atoms with Crippen LogP contribution in [0.3, 0.4) is 0 Å². The lowest BCUT2D eigenvalue weighted by Gasteiger charge is -1.96. The minimum Gasteiger partial charge on any atom is -0.366 e. The molecule has 0 aromatic carbocycles. The molecule has 11 heavy (non-hydrogen) atoms. The first-order valence-electron chi connectivity index (χ1n) is 2.97. The summed E-state index contributed by atoms with van der Waals surface area (Å²) in [7, 11) is 0. The molecule has 0 saturated carbocycles. The summed E-state index contributed by atoms with van der Waals surface area (Å²) in [6.45, 7) is 3.45. The summed E-state index contributed by atoms with van der Waals surface area (Å²) in [5.41, 5.74) is 5.56. The van der Waals surface area contributed by atoms with Gasteiger partial charge in [0.15, 0.2) is 0 Å². The van der Waals surface area contributed by atoms with Crippen LogP contribution in [0, 0.1) is 0 Å². The molecule has 1 aromatic rings. The molecule has 1 heterocycles. The van der Waals surface area contributed by atoms with Crippen LogP contribution >= 0.6 is 0 Å². The maximum Gasteiger partial charge on any atom is 0.250 e. The van der Waals surface area contributed by atoms with Crippen molar-refractivity contribution in [2.24, 2.45) is 5.73 Å².